The Kier molecular flexibility index (Phi) is 3.62. The van der Waals surface area contributed by atoms with Crippen molar-refractivity contribution in [3.05, 3.63) is 11.1 Å². The first kappa shape index (κ1) is 10.9. The summed E-state index contributed by atoms with van der Waals surface area (Å²) < 4.78 is 2.06. The van der Waals surface area contributed by atoms with Crippen LogP contribution in [0.2, 0.25) is 5.28 Å². The average Bonchev–Trinajstić information content (AvgIpc) is 2.84. The van der Waals surface area contributed by atoms with Gasteiger partial charge in [-0.25, -0.2) is 0 Å². The van der Waals surface area contributed by atoms with Crippen molar-refractivity contribution in [2.24, 2.45) is 5.92 Å². The van der Waals surface area contributed by atoms with Crippen LogP contribution < -0.4 is 0 Å². The second-order valence-electron chi connectivity index (χ2n) is 4.33. The molecule has 1 aromatic heterocycles. The molecule has 1 saturated carbocycles. The summed E-state index contributed by atoms with van der Waals surface area (Å²) in [4.78, 5) is 0. The van der Waals surface area contributed by atoms with Gasteiger partial charge in [-0.05, 0) is 23.9 Å². The molecule has 0 unspecified atom stereocenters. The van der Waals surface area contributed by atoms with E-state index in [-0.39, 0.29) is 0 Å². The summed E-state index contributed by atoms with van der Waals surface area (Å²) in [5.41, 5.74) is 0. The Labute approximate surface area is 95.8 Å². The Morgan fingerprint density at radius 3 is 2.73 bits per heavy atom. The molecule has 0 bridgehead atoms. The zero-order valence-electron chi connectivity index (χ0n) is 9.25. The minimum atomic E-state index is 0.546. The van der Waals surface area contributed by atoms with E-state index < -0.39 is 0 Å². The lowest BCUT2D eigenvalue weighted by Crippen LogP contribution is -2.07. The van der Waals surface area contributed by atoms with E-state index in [0.717, 1.165) is 24.7 Å². The molecule has 0 spiro atoms. The largest absolute Gasteiger partial charge is 0.302 e. The first-order chi connectivity index (χ1) is 7.31. The molecule has 0 aromatic carbocycles. The van der Waals surface area contributed by atoms with Crippen molar-refractivity contribution >= 4 is 11.6 Å². The fourth-order valence-electron chi connectivity index (χ4n) is 2.41. The normalized spacial score (nSPS) is 17.5. The molecule has 3 nitrogen and oxygen atoms in total. The molecule has 0 N–H and O–H groups in total. The first-order valence-electron chi connectivity index (χ1n) is 5.89. The molecule has 15 heavy (non-hydrogen) atoms. The van der Waals surface area contributed by atoms with Gasteiger partial charge in [0.15, 0.2) is 0 Å². The summed E-state index contributed by atoms with van der Waals surface area (Å²) in [5, 5.41) is 8.52. The quantitative estimate of drug-likeness (QED) is 0.792. The van der Waals surface area contributed by atoms with Gasteiger partial charge in [0.2, 0.25) is 5.28 Å². The number of aryl methyl sites for hydroxylation is 1. The third-order valence-electron chi connectivity index (χ3n) is 3.33. The van der Waals surface area contributed by atoms with Crippen LogP contribution in [-0.4, -0.2) is 14.8 Å². The van der Waals surface area contributed by atoms with Crippen molar-refractivity contribution in [2.45, 2.75) is 52.0 Å². The zero-order chi connectivity index (χ0) is 10.7. The van der Waals surface area contributed by atoms with Crippen LogP contribution in [0.4, 0.5) is 0 Å². The Bertz CT molecular complexity index is 316. The molecule has 0 radical (unpaired) electrons. The highest BCUT2D eigenvalue weighted by Gasteiger charge is 2.16. The van der Waals surface area contributed by atoms with Crippen LogP contribution in [0.5, 0.6) is 0 Å². The zero-order valence-corrected chi connectivity index (χ0v) is 10.0. The third kappa shape index (κ3) is 2.51. The van der Waals surface area contributed by atoms with Crippen LogP contribution >= 0.6 is 11.6 Å². The molecule has 0 atom stereocenters. The predicted octanol–water partition coefficient (Wildman–Crippen LogP) is 3.07. The Balaban J connectivity index is 1.94. The molecule has 1 heterocycles. The molecule has 1 aliphatic rings. The van der Waals surface area contributed by atoms with Crippen LogP contribution in [-0.2, 0) is 13.0 Å². The molecule has 4 heteroatoms. The lowest BCUT2D eigenvalue weighted by atomic mass is 10.0. The number of hydrogen-bond donors (Lipinski definition) is 0. The molecule has 0 saturated heterocycles. The number of rotatable bonds is 4. The van der Waals surface area contributed by atoms with Crippen LogP contribution in [0.25, 0.3) is 0 Å². The minimum Gasteiger partial charge on any atom is -0.302 e. The Hall–Kier alpha value is -0.570. The number of nitrogens with zero attached hydrogens (tertiary/aromatic N) is 3. The van der Waals surface area contributed by atoms with E-state index in [2.05, 4.69) is 21.7 Å². The smallest absolute Gasteiger partial charge is 0.225 e. The lowest BCUT2D eigenvalue weighted by Gasteiger charge is -2.10. The highest BCUT2D eigenvalue weighted by molar-refractivity contribution is 6.28. The van der Waals surface area contributed by atoms with Crippen molar-refractivity contribution in [2.75, 3.05) is 0 Å². The molecular weight excluding hydrogens is 210 g/mol. The van der Waals surface area contributed by atoms with E-state index in [9.17, 15) is 0 Å². The fourth-order valence-corrected chi connectivity index (χ4v) is 2.63. The molecule has 1 fully saturated rings. The molecule has 1 aromatic rings. The van der Waals surface area contributed by atoms with E-state index >= 15 is 0 Å². The SMILES string of the molecule is CCc1nnc(Cl)n1CCC1CCCC1. The van der Waals surface area contributed by atoms with Gasteiger partial charge < -0.3 is 4.57 Å². The maximum atomic E-state index is 6.00. The van der Waals surface area contributed by atoms with Gasteiger partial charge in [-0.2, -0.15) is 0 Å². The summed E-state index contributed by atoms with van der Waals surface area (Å²) in [6.07, 6.45) is 7.72. The lowest BCUT2D eigenvalue weighted by molar-refractivity contribution is 0.452. The highest BCUT2D eigenvalue weighted by Crippen LogP contribution is 2.28. The molecule has 0 aliphatic heterocycles. The monoisotopic (exact) mass is 227 g/mol. The third-order valence-corrected chi connectivity index (χ3v) is 3.61. The van der Waals surface area contributed by atoms with Gasteiger partial charge in [-0.1, -0.05) is 32.6 Å². The Morgan fingerprint density at radius 1 is 1.33 bits per heavy atom. The number of halogens is 1. The van der Waals surface area contributed by atoms with Crippen molar-refractivity contribution < 1.29 is 0 Å². The van der Waals surface area contributed by atoms with E-state index in [1.807, 2.05) is 0 Å². The second kappa shape index (κ2) is 4.97. The van der Waals surface area contributed by atoms with E-state index in [1.54, 1.807) is 0 Å². The van der Waals surface area contributed by atoms with Crippen molar-refractivity contribution in [3.8, 4) is 0 Å². The van der Waals surface area contributed by atoms with Crippen LogP contribution in [0, 0.1) is 5.92 Å². The van der Waals surface area contributed by atoms with Crippen molar-refractivity contribution in [3.63, 3.8) is 0 Å². The first-order valence-corrected chi connectivity index (χ1v) is 6.26. The summed E-state index contributed by atoms with van der Waals surface area (Å²) in [6, 6.07) is 0. The number of aromatic nitrogens is 3. The van der Waals surface area contributed by atoms with Gasteiger partial charge in [0.05, 0.1) is 0 Å². The minimum absolute atomic E-state index is 0.546. The summed E-state index contributed by atoms with van der Waals surface area (Å²) in [6.45, 7) is 3.08. The molecule has 84 valence electrons. The van der Waals surface area contributed by atoms with Crippen LogP contribution in [0.3, 0.4) is 0 Å². The van der Waals surface area contributed by atoms with E-state index in [0.29, 0.717) is 5.28 Å². The van der Waals surface area contributed by atoms with E-state index in [4.69, 9.17) is 11.6 Å². The van der Waals surface area contributed by atoms with Crippen molar-refractivity contribution in [1.82, 2.24) is 14.8 Å². The summed E-state index contributed by atoms with van der Waals surface area (Å²) in [7, 11) is 0. The van der Waals surface area contributed by atoms with Crippen LogP contribution in [0.15, 0.2) is 0 Å². The van der Waals surface area contributed by atoms with Gasteiger partial charge in [-0.15, -0.1) is 10.2 Å². The standard InChI is InChI=1S/C11H18ClN3/c1-2-10-13-14-11(12)15(10)8-7-9-5-3-4-6-9/h9H,2-8H2,1H3. The summed E-state index contributed by atoms with van der Waals surface area (Å²) in [5.74, 6) is 1.91. The van der Waals surface area contributed by atoms with Gasteiger partial charge in [0.1, 0.15) is 5.82 Å². The van der Waals surface area contributed by atoms with Crippen LogP contribution in [0.1, 0.15) is 44.9 Å². The maximum absolute atomic E-state index is 6.00. The van der Waals surface area contributed by atoms with E-state index in [1.165, 1.54) is 32.1 Å². The second-order valence-corrected chi connectivity index (χ2v) is 4.67. The van der Waals surface area contributed by atoms with Gasteiger partial charge >= 0.3 is 0 Å². The Morgan fingerprint density at radius 2 is 2.07 bits per heavy atom. The summed E-state index contributed by atoms with van der Waals surface area (Å²) >= 11 is 6.00. The fraction of sp³-hybridized carbons (Fsp3) is 0.818. The average molecular weight is 228 g/mol. The molecule has 2 rings (SSSR count). The molecule has 0 amide bonds. The van der Waals surface area contributed by atoms with Gasteiger partial charge in [0.25, 0.3) is 0 Å². The van der Waals surface area contributed by atoms with Gasteiger partial charge in [-0.3, -0.25) is 0 Å². The predicted molar refractivity (Wildman–Crippen MR) is 61.0 cm³/mol. The molecule has 1 aliphatic carbocycles. The molecular formula is C11H18ClN3. The number of hydrogen-bond acceptors (Lipinski definition) is 2. The van der Waals surface area contributed by atoms with Gasteiger partial charge in [0, 0.05) is 13.0 Å². The highest BCUT2D eigenvalue weighted by atomic mass is 35.5. The van der Waals surface area contributed by atoms with Crippen molar-refractivity contribution in [1.29, 1.82) is 0 Å². The maximum Gasteiger partial charge on any atom is 0.225 e. The topological polar surface area (TPSA) is 30.7 Å².